The Morgan fingerprint density at radius 1 is 1.41 bits per heavy atom. The molecule has 0 aliphatic heterocycles. The van der Waals surface area contributed by atoms with Crippen molar-refractivity contribution in [1.82, 2.24) is 14.5 Å². The zero-order valence-electron chi connectivity index (χ0n) is 9.20. The van der Waals surface area contributed by atoms with Crippen LogP contribution < -0.4 is 5.56 Å². The van der Waals surface area contributed by atoms with Gasteiger partial charge in [-0.2, -0.15) is 0 Å². The lowest BCUT2D eigenvalue weighted by Gasteiger charge is -2.02. The molecular formula is C10H9Cl2N3O2. The summed E-state index contributed by atoms with van der Waals surface area (Å²) in [6.45, 7) is 3.82. The van der Waals surface area contributed by atoms with Gasteiger partial charge in [-0.3, -0.25) is 9.36 Å². The third-order valence-corrected chi connectivity index (χ3v) is 3.04. The Bertz CT molecular complexity index is 599. The average Bonchev–Trinajstić information content (AvgIpc) is 2.59. The number of nitrogens with zero attached hydrogens (tertiary/aromatic N) is 3. The van der Waals surface area contributed by atoms with Crippen LogP contribution in [0.25, 0.3) is 0 Å². The molecular weight excluding hydrogens is 265 g/mol. The first-order valence-electron chi connectivity index (χ1n) is 4.82. The highest BCUT2D eigenvalue weighted by atomic mass is 35.5. The van der Waals surface area contributed by atoms with Crippen molar-refractivity contribution >= 4 is 23.2 Å². The first-order chi connectivity index (χ1) is 7.99. The summed E-state index contributed by atoms with van der Waals surface area (Å²) < 4.78 is 6.66. The lowest BCUT2D eigenvalue weighted by molar-refractivity contribution is 0.452. The van der Waals surface area contributed by atoms with Crippen LogP contribution in [-0.2, 0) is 6.54 Å². The van der Waals surface area contributed by atoms with E-state index in [0.29, 0.717) is 5.89 Å². The predicted molar refractivity (Wildman–Crippen MR) is 63.6 cm³/mol. The van der Waals surface area contributed by atoms with Gasteiger partial charge < -0.3 is 4.42 Å². The summed E-state index contributed by atoms with van der Waals surface area (Å²) in [5.74, 6) is 1.16. The highest BCUT2D eigenvalue weighted by Crippen LogP contribution is 2.14. The van der Waals surface area contributed by atoms with Crippen molar-refractivity contribution in [3.05, 3.63) is 44.2 Å². The molecule has 2 heterocycles. The number of hydrogen-bond donors (Lipinski definition) is 0. The van der Waals surface area contributed by atoms with Gasteiger partial charge in [-0.25, -0.2) is 9.97 Å². The Balaban J connectivity index is 2.37. The Hall–Kier alpha value is -1.33. The molecule has 0 radical (unpaired) electrons. The van der Waals surface area contributed by atoms with E-state index in [1.54, 1.807) is 0 Å². The molecule has 0 N–H and O–H groups in total. The second-order valence-electron chi connectivity index (χ2n) is 3.53. The van der Waals surface area contributed by atoms with Gasteiger partial charge in [-0.1, -0.05) is 23.2 Å². The van der Waals surface area contributed by atoms with Gasteiger partial charge in [-0.05, 0) is 13.8 Å². The maximum absolute atomic E-state index is 11.7. The fraction of sp³-hybridized carbons (Fsp3) is 0.300. The summed E-state index contributed by atoms with van der Waals surface area (Å²) in [4.78, 5) is 19.7. The van der Waals surface area contributed by atoms with Crippen LogP contribution in [0.15, 0.2) is 15.5 Å². The lowest BCUT2D eigenvalue weighted by atomic mass is 10.4. The van der Waals surface area contributed by atoms with E-state index in [9.17, 15) is 4.79 Å². The molecule has 0 aliphatic rings. The first kappa shape index (κ1) is 12.1. The summed E-state index contributed by atoms with van der Waals surface area (Å²) in [6.07, 6.45) is 1.31. The molecule has 0 atom stereocenters. The van der Waals surface area contributed by atoms with Crippen LogP contribution in [0.5, 0.6) is 0 Å². The SMILES string of the molecule is Cc1nc(Cn2cnc(Cl)c(Cl)c2=O)oc1C. The molecule has 2 aromatic heterocycles. The molecule has 0 saturated heterocycles. The van der Waals surface area contributed by atoms with E-state index in [4.69, 9.17) is 27.6 Å². The van der Waals surface area contributed by atoms with E-state index >= 15 is 0 Å². The minimum Gasteiger partial charge on any atom is -0.444 e. The summed E-state index contributed by atoms with van der Waals surface area (Å²) in [7, 11) is 0. The first-order valence-corrected chi connectivity index (χ1v) is 5.58. The van der Waals surface area contributed by atoms with Crippen molar-refractivity contribution in [2.75, 3.05) is 0 Å². The maximum Gasteiger partial charge on any atom is 0.274 e. The second kappa shape index (κ2) is 4.50. The van der Waals surface area contributed by atoms with Gasteiger partial charge in [0.05, 0.1) is 12.0 Å². The Morgan fingerprint density at radius 2 is 2.12 bits per heavy atom. The van der Waals surface area contributed by atoms with Crippen molar-refractivity contribution in [1.29, 1.82) is 0 Å². The van der Waals surface area contributed by atoms with Crippen LogP contribution in [0.4, 0.5) is 0 Å². The Kier molecular flexibility index (Phi) is 3.22. The van der Waals surface area contributed by atoms with E-state index < -0.39 is 5.56 Å². The molecule has 0 saturated carbocycles. The molecule has 17 heavy (non-hydrogen) atoms. The molecule has 0 aliphatic carbocycles. The molecule has 0 unspecified atom stereocenters. The van der Waals surface area contributed by atoms with Crippen molar-refractivity contribution in [3.63, 3.8) is 0 Å². The predicted octanol–water partition coefficient (Wildman–Crippen LogP) is 2.20. The third kappa shape index (κ3) is 2.35. The van der Waals surface area contributed by atoms with Gasteiger partial charge in [-0.15, -0.1) is 0 Å². The van der Waals surface area contributed by atoms with E-state index in [-0.39, 0.29) is 16.7 Å². The number of hydrogen-bond acceptors (Lipinski definition) is 4. The zero-order valence-corrected chi connectivity index (χ0v) is 10.7. The number of aryl methyl sites for hydroxylation is 2. The fourth-order valence-corrected chi connectivity index (χ4v) is 1.59. The largest absolute Gasteiger partial charge is 0.444 e. The normalized spacial score (nSPS) is 10.8. The summed E-state index contributed by atoms with van der Waals surface area (Å²) in [6, 6.07) is 0. The highest BCUT2D eigenvalue weighted by molar-refractivity contribution is 6.40. The Labute approximate surface area is 107 Å². The van der Waals surface area contributed by atoms with Crippen LogP contribution in [0, 0.1) is 13.8 Å². The maximum atomic E-state index is 11.7. The van der Waals surface area contributed by atoms with Crippen molar-refractivity contribution in [2.45, 2.75) is 20.4 Å². The second-order valence-corrected chi connectivity index (χ2v) is 4.27. The molecule has 2 rings (SSSR count). The highest BCUT2D eigenvalue weighted by Gasteiger charge is 2.11. The molecule has 0 amide bonds. The minimum absolute atomic E-state index is 0.00678. The molecule has 0 spiro atoms. The van der Waals surface area contributed by atoms with Gasteiger partial charge >= 0.3 is 0 Å². The van der Waals surface area contributed by atoms with E-state index in [1.807, 2.05) is 13.8 Å². The van der Waals surface area contributed by atoms with Crippen molar-refractivity contribution in [3.8, 4) is 0 Å². The van der Waals surface area contributed by atoms with Crippen LogP contribution in [0.3, 0.4) is 0 Å². The molecule has 0 aromatic carbocycles. The van der Waals surface area contributed by atoms with Crippen LogP contribution in [-0.4, -0.2) is 14.5 Å². The number of halogens is 2. The van der Waals surface area contributed by atoms with Crippen molar-refractivity contribution < 1.29 is 4.42 Å². The van der Waals surface area contributed by atoms with Crippen LogP contribution in [0.1, 0.15) is 17.3 Å². The molecule has 5 nitrogen and oxygen atoms in total. The van der Waals surface area contributed by atoms with Crippen molar-refractivity contribution in [2.24, 2.45) is 0 Å². The summed E-state index contributed by atoms with van der Waals surface area (Å²) in [5, 5.41) is -0.109. The van der Waals surface area contributed by atoms with Crippen LogP contribution in [0.2, 0.25) is 10.2 Å². The van der Waals surface area contributed by atoms with E-state index in [2.05, 4.69) is 9.97 Å². The molecule has 0 bridgehead atoms. The molecule has 0 fully saturated rings. The molecule has 7 heteroatoms. The van der Waals surface area contributed by atoms with Gasteiger partial charge in [0.2, 0.25) is 5.89 Å². The standard InChI is InChI=1S/C10H9Cl2N3O2/c1-5-6(2)17-7(14-5)3-15-4-13-9(12)8(11)10(15)16/h4H,3H2,1-2H3. The van der Waals surface area contributed by atoms with E-state index in [0.717, 1.165) is 11.5 Å². The Morgan fingerprint density at radius 3 is 2.71 bits per heavy atom. The topological polar surface area (TPSA) is 60.9 Å². The smallest absolute Gasteiger partial charge is 0.274 e. The lowest BCUT2D eigenvalue weighted by Crippen LogP contribution is -2.21. The van der Waals surface area contributed by atoms with Gasteiger partial charge in [0.1, 0.15) is 17.3 Å². The fourth-order valence-electron chi connectivity index (χ4n) is 1.31. The van der Waals surface area contributed by atoms with E-state index in [1.165, 1.54) is 10.9 Å². The quantitative estimate of drug-likeness (QED) is 0.788. The van der Waals surface area contributed by atoms with Crippen LogP contribution >= 0.6 is 23.2 Å². The number of rotatable bonds is 2. The average molecular weight is 274 g/mol. The summed E-state index contributed by atoms with van der Waals surface area (Å²) in [5.41, 5.74) is 0.376. The number of aromatic nitrogens is 3. The number of oxazole rings is 1. The summed E-state index contributed by atoms with van der Waals surface area (Å²) >= 11 is 11.3. The monoisotopic (exact) mass is 273 g/mol. The minimum atomic E-state index is -0.417. The van der Waals surface area contributed by atoms with Gasteiger partial charge in [0.15, 0.2) is 5.15 Å². The molecule has 90 valence electrons. The third-order valence-electron chi connectivity index (χ3n) is 2.32. The zero-order chi connectivity index (χ0) is 12.6. The van der Waals surface area contributed by atoms with Gasteiger partial charge in [0.25, 0.3) is 5.56 Å². The molecule has 2 aromatic rings. The van der Waals surface area contributed by atoms with Gasteiger partial charge in [0, 0.05) is 0 Å².